The van der Waals surface area contributed by atoms with Gasteiger partial charge in [-0.05, 0) is 44.1 Å². The molecule has 3 rings (SSSR count). The molecule has 0 aromatic carbocycles. The smallest absolute Gasteiger partial charge is 0.0235 e. The first kappa shape index (κ1) is 9.17. The van der Waals surface area contributed by atoms with Crippen molar-refractivity contribution in [3.8, 4) is 0 Å². The van der Waals surface area contributed by atoms with Crippen LogP contribution in [0.4, 0.5) is 0 Å². The molecule has 2 atom stereocenters. The van der Waals surface area contributed by atoms with Crippen molar-refractivity contribution in [2.75, 3.05) is 19.6 Å². The molecule has 1 aliphatic carbocycles. The quantitative estimate of drug-likeness (QED) is 0.680. The number of likely N-dealkylation sites (tertiary alicyclic amines) is 1. The maximum atomic E-state index is 3.68. The molecule has 0 aromatic rings. The molecule has 0 aromatic heterocycles. The van der Waals surface area contributed by atoms with Crippen LogP contribution in [0.25, 0.3) is 0 Å². The van der Waals surface area contributed by atoms with Gasteiger partial charge >= 0.3 is 0 Å². The van der Waals surface area contributed by atoms with Gasteiger partial charge in [0.25, 0.3) is 0 Å². The molecule has 2 heteroatoms. The molecule has 1 N–H and O–H groups in total. The SMILES string of the molecule is CC1CC(N2CC3CCCNC3C2)C1. The van der Waals surface area contributed by atoms with E-state index in [9.17, 15) is 0 Å². The lowest BCUT2D eigenvalue weighted by Gasteiger charge is -2.39. The van der Waals surface area contributed by atoms with E-state index in [0.29, 0.717) is 0 Å². The number of rotatable bonds is 1. The highest BCUT2D eigenvalue weighted by molar-refractivity contribution is 4.97. The second kappa shape index (κ2) is 3.49. The van der Waals surface area contributed by atoms with E-state index in [1.807, 2.05) is 0 Å². The van der Waals surface area contributed by atoms with E-state index in [4.69, 9.17) is 0 Å². The van der Waals surface area contributed by atoms with Gasteiger partial charge in [-0.15, -0.1) is 0 Å². The summed E-state index contributed by atoms with van der Waals surface area (Å²) in [7, 11) is 0. The summed E-state index contributed by atoms with van der Waals surface area (Å²) < 4.78 is 0. The molecule has 2 nitrogen and oxygen atoms in total. The Morgan fingerprint density at radius 3 is 2.79 bits per heavy atom. The minimum Gasteiger partial charge on any atom is -0.312 e. The fourth-order valence-corrected chi connectivity index (χ4v) is 3.54. The van der Waals surface area contributed by atoms with Crippen molar-refractivity contribution >= 4 is 0 Å². The summed E-state index contributed by atoms with van der Waals surface area (Å²) in [5, 5.41) is 3.68. The molecule has 2 saturated heterocycles. The van der Waals surface area contributed by atoms with Crippen molar-refractivity contribution in [2.45, 2.75) is 44.7 Å². The van der Waals surface area contributed by atoms with E-state index in [1.165, 1.54) is 45.3 Å². The van der Waals surface area contributed by atoms with Crippen LogP contribution in [0, 0.1) is 11.8 Å². The summed E-state index contributed by atoms with van der Waals surface area (Å²) in [5.41, 5.74) is 0. The van der Waals surface area contributed by atoms with Crippen LogP contribution in [0.2, 0.25) is 0 Å². The lowest BCUT2D eigenvalue weighted by Crippen LogP contribution is -2.44. The van der Waals surface area contributed by atoms with Crippen LogP contribution in [0.1, 0.15) is 32.6 Å². The molecule has 0 spiro atoms. The standard InChI is InChI=1S/C12H22N2/c1-9-5-11(6-9)14-7-10-3-2-4-13-12(10)8-14/h9-13H,2-8H2,1H3. The van der Waals surface area contributed by atoms with Crippen molar-refractivity contribution in [3.05, 3.63) is 0 Å². The highest BCUT2D eigenvalue weighted by Crippen LogP contribution is 2.35. The Morgan fingerprint density at radius 2 is 2.07 bits per heavy atom. The molecule has 80 valence electrons. The van der Waals surface area contributed by atoms with Crippen molar-refractivity contribution in [2.24, 2.45) is 11.8 Å². The Labute approximate surface area is 87.0 Å². The predicted octanol–water partition coefficient (Wildman–Crippen LogP) is 1.47. The van der Waals surface area contributed by atoms with Crippen LogP contribution in [-0.2, 0) is 0 Å². The second-order valence-electron chi connectivity index (χ2n) is 5.65. The zero-order valence-corrected chi connectivity index (χ0v) is 9.21. The van der Waals surface area contributed by atoms with Gasteiger partial charge in [-0.3, -0.25) is 4.90 Å². The summed E-state index contributed by atoms with van der Waals surface area (Å²) in [6.45, 7) is 6.37. The zero-order valence-electron chi connectivity index (χ0n) is 9.21. The van der Waals surface area contributed by atoms with Crippen molar-refractivity contribution < 1.29 is 0 Å². The largest absolute Gasteiger partial charge is 0.312 e. The third-order valence-electron chi connectivity index (χ3n) is 4.49. The first-order chi connectivity index (χ1) is 6.83. The van der Waals surface area contributed by atoms with Crippen molar-refractivity contribution in [1.82, 2.24) is 10.2 Å². The van der Waals surface area contributed by atoms with Gasteiger partial charge in [0.15, 0.2) is 0 Å². The highest BCUT2D eigenvalue weighted by Gasteiger charge is 2.40. The molecule has 2 heterocycles. The topological polar surface area (TPSA) is 15.3 Å². The lowest BCUT2D eigenvalue weighted by atomic mass is 9.81. The minimum atomic E-state index is 0.833. The molecule has 1 saturated carbocycles. The van der Waals surface area contributed by atoms with Crippen LogP contribution >= 0.6 is 0 Å². The molecule has 0 amide bonds. The van der Waals surface area contributed by atoms with Crippen LogP contribution in [-0.4, -0.2) is 36.6 Å². The van der Waals surface area contributed by atoms with E-state index in [2.05, 4.69) is 17.1 Å². The summed E-state index contributed by atoms with van der Waals surface area (Å²) in [5.74, 6) is 1.97. The molecule has 14 heavy (non-hydrogen) atoms. The van der Waals surface area contributed by atoms with Crippen LogP contribution in [0.3, 0.4) is 0 Å². The second-order valence-corrected chi connectivity index (χ2v) is 5.65. The Balaban J connectivity index is 1.58. The van der Waals surface area contributed by atoms with E-state index in [0.717, 1.165) is 23.9 Å². The third kappa shape index (κ3) is 1.49. The van der Waals surface area contributed by atoms with Gasteiger partial charge in [-0.25, -0.2) is 0 Å². The molecule has 2 unspecified atom stereocenters. The number of nitrogens with zero attached hydrogens (tertiary/aromatic N) is 1. The average molecular weight is 194 g/mol. The van der Waals surface area contributed by atoms with Gasteiger partial charge in [0.2, 0.25) is 0 Å². The molecule has 0 radical (unpaired) electrons. The van der Waals surface area contributed by atoms with Gasteiger partial charge in [0, 0.05) is 25.2 Å². The van der Waals surface area contributed by atoms with Gasteiger partial charge in [0.05, 0.1) is 0 Å². The van der Waals surface area contributed by atoms with E-state index >= 15 is 0 Å². The maximum absolute atomic E-state index is 3.68. The number of hydrogen-bond donors (Lipinski definition) is 1. The number of nitrogens with one attached hydrogen (secondary N) is 1. The number of fused-ring (bicyclic) bond motifs is 1. The summed E-state index contributed by atoms with van der Waals surface area (Å²) in [4.78, 5) is 2.76. The third-order valence-corrected chi connectivity index (χ3v) is 4.49. The number of hydrogen-bond acceptors (Lipinski definition) is 2. The lowest BCUT2D eigenvalue weighted by molar-refractivity contribution is 0.105. The Kier molecular flexibility index (Phi) is 2.29. The van der Waals surface area contributed by atoms with Gasteiger partial charge in [-0.2, -0.15) is 0 Å². The average Bonchev–Trinajstić information content (AvgIpc) is 2.55. The highest BCUT2D eigenvalue weighted by atomic mass is 15.2. The minimum absolute atomic E-state index is 0.833. The van der Waals surface area contributed by atoms with E-state index < -0.39 is 0 Å². The first-order valence-corrected chi connectivity index (χ1v) is 6.30. The van der Waals surface area contributed by atoms with Crippen molar-refractivity contribution in [3.63, 3.8) is 0 Å². The predicted molar refractivity (Wildman–Crippen MR) is 58.3 cm³/mol. The first-order valence-electron chi connectivity index (χ1n) is 6.30. The molecular formula is C12H22N2. The Morgan fingerprint density at radius 1 is 1.21 bits per heavy atom. The summed E-state index contributed by atoms with van der Waals surface area (Å²) in [6.07, 6.45) is 5.78. The van der Waals surface area contributed by atoms with Crippen LogP contribution in [0.5, 0.6) is 0 Å². The summed E-state index contributed by atoms with van der Waals surface area (Å²) in [6, 6.07) is 1.78. The number of piperidine rings is 1. The van der Waals surface area contributed by atoms with Gasteiger partial charge < -0.3 is 5.32 Å². The normalized spacial score (nSPS) is 48.6. The van der Waals surface area contributed by atoms with Gasteiger partial charge in [-0.1, -0.05) is 6.92 Å². The van der Waals surface area contributed by atoms with Crippen LogP contribution < -0.4 is 5.32 Å². The summed E-state index contributed by atoms with van der Waals surface area (Å²) >= 11 is 0. The molecule has 2 aliphatic heterocycles. The maximum Gasteiger partial charge on any atom is 0.0235 e. The molecular weight excluding hydrogens is 172 g/mol. The Hall–Kier alpha value is -0.0800. The van der Waals surface area contributed by atoms with Crippen molar-refractivity contribution in [1.29, 1.82) is 0 Å². The monoisotopic (exact) mass is 194 g/mol. The van der Waals surface area contributed by atoms with Crippen LogP contribution in [0.15, 0.2) is 0 Å². The molecule has 3 aliphatic rings. The van der Waals surface area contributed by atoms with E-state index in [1.54, 1.807) is 0 Å². The fraction of sp³-hybridized carbons (Fsp3) is 1.00. The fourth-order valence-electron chi connectivity index (χ4n) is 3.54. The molecule has 0 bridgehead atoms. The van der Waals surface area contributed by atoms with E-state index in [-0.39, 0.29) is 0 Å². The van der Waals surface area contributed by atoms with Gasteiger partial charge in [0.1, 0.15) is 0 Å². The zero-order chi connectivity index (χ0) is 9.54. The Bertz CT molecular complexity index is 196. The molecule has 3 fully saturated rings.